The number of rotatable bonds is 4. The predicted octanol–water partition coefficient (Wildman–Crippen LogP) is 1.72. The van der Waals surface area contributed by atoms with E-state index in [9.17, 15) is 4.79 Å². The Kier molecular flexibility index (Phi) is 3.78. The van der Waals surface area contributed by atoms with Crippen molar-refractivity contribution < 1.29 is 4.79 Å². The lowest BCUT2D eigenvalue weighted by atomic mass is 10.2. The molecule has 0 saturated heterocycles. The summed E-state index contributed by atoms with van der Waals surface area (Å²) in [4.78, 5) is 13.9. The highest BCUT2D eigenvalue weighted by Crippen LogP contribution is 2.26. The molecular weight excluding hydrogens is 274 g/mol. The van der Waals surface area contributed by atoms with Gasteiger partial charge in [-0.1, -0.05) is 22.7 Å². The van der Waals surface area contributed by atoms with Gasteiger partial charge in [0, 0.05) is 36.9 Å². The van der Waals surface area contributed by atoms with Crippen LogP contribution in [0.15, 0.2) is 30.5 Å². The molecule has 20 heavy (non-hydrogen) atoms. The van der Waals surface area contributed by atoms with E-state index in [-0.39, 0.29) is 6.03 Å². The van der Waals surface area contributed by atoms with Gasteiger partial charge in [-0.2, -0.15) is 0 Å². The van der Waals surface area contributed by atoms with E-state index in [1.54, 1.807) is 0 Å². The highest BCUT2D eigenvalue weighted by Gasteiger charge is 2.17. The fourth-order valence-corrected chi connectivity index (χ4v) is 2.74. The van der Waals surface area contributed by atoms with Crippen LogP contribution in [0.5, 0.6) is 0 Å². The normalized spacial score (nSPS) is 13.1. The summed E-state index contributed by atoms with van der Waals surface area (Å²) in [5, 5.41) is 9.84. The van der Waals surface area contributed by atoms with E-state index in [1.165, 1.54) is 17.4 Å². The van der Waals surface area contributed by atoms with Gasteiger partial charge in [-0.25, -0.2) is 4.79 Å². The van der Waals surface area contributed by atoms with Crippen molar-refractivity contribution in [2.75, 3.05) is 29.9 Å². The van der Waals surface area contributed by atoms with Crippen molar-refractivity contribution in [2.24, 2.45) is 0 Å². The van der Waals surface area contributed by atoms with E-state index in [0.29, 0.717) is 11.5 Å². The second kappa shape index (κ2) is 5.87. The van der Waals surface area contributed by atoms with Crippen LogP contribution < -0.4 is 15.5 Å². The van der Waals surface area contributed by atoms with Gasteiger partial charge in [-0.3, -0.25) is 5.32 Å². The van der Waals surface area contributed by atoms with E-state index in [0.717, 1.165) is 31.0 Å². The molecule has 0 bridgehead atoms. The molecule has 7 heteroatoms. The van der Waals surface area contributed by atoms with Crippen LogP contribution in [0.3, 0.4) is 0 Å². The standard InChI is InChI=1S/C13H15N5OS/c19-13(16-12-9-15-17-20-12)14-6-8-18-7-5-10-3-1-2-4-11(10)18/h1-4,9H,5-8H2,(H2,14,16,19). The van der Waals surface area contributed by atoms with Crippen molar-refractivity contribution >= 4 is 28.3 Å². The van der Waals surface area contributed by atoms with Gasteiger partial charge in [-0.15, -0.1) is 5.10 Å². The molecule has 1 aliphatic rings. The van der Waals surface area contributed by atoms with Gasteiger partial charge in [-0.05, 0) is 18.1 Å². The van der Waals surface area contributed by atoms with Gasteiger partial charge >= 0.3 is 6.03 Å². The van der Waals surface area contributed by atoms with Crippen molar-refractivity contribution in [3.05, 3.63) is 36.0 Å². The molecule has 3 rings (SSSR count). The van der Waals surface area contributed by atoms with E-state index >= 15 is 0 Å². The first-order valence-electron chi connectivity index (χ1n) is 6.48. The molecule has 2 heterocycles. The molecule has 1 aromatic carbocycles. The van der Waals surface area contributed by atoms with Gasteiger partial charge in [0.15, 0.2) is 0 Å². The van der Waals surface area contributed by atoms with Crippen LogP contribution in [0.4, 0.5) is 15.5 Å². The number of nitrogens with one attached hydrogen (secondary N) is 2. The van der Waals surface area contributed by atoms with E-state index in [4.69, 9.17) is 0 Å². The summed E-state index contributed by atoms with van der Waals surface area (Å²) in [6, 6.07) is 8.19. The number of nitrogens with zero attached hydrogens (tertiary/aromatic N) is 3. The number of fused-ring (bicyclic) bond motifs is 1. The summed E-state index contributed by atoms with van der Waals surface area (Å²) < 4.78 is 3.68. The van der Waals surface area contributed by atoms with E-state index in [2.05, 4.69) is 43.3 Å². The van der Waals surface area contributed by atoms with Crippen molar-refractivity contribution in [2.45, 2.75) is 6.42 Å². The Morgan fingerprint density at radius 1 is 1.40 bits per heavy atom. The fraction of sp³-hybridized carbons (Fsp3) is 0.308. The monoisotopic (exact) mass is 289 g/mol. The maximum atomic E-state index is 11.6. The van der Waals surface area contributed by atoms with Crippen LogP contribution >= 0.6 is 11.5 Å². The molecule has 2 amide bonds. The van der Waals surface area contributed by atoms with Crippen molar-refractivity contribution in [3.63, 3.8) is 0 Å². The Labute approximate surface area is 121 Å². The van der Waals surface area contributed by atoms with Crippen LogP contribution in [0.2, 0.25) is 0 Å². The van der Waals surface area contributed by atoms with Crippen molar-refractivity contribution in [1.29, 1.82) is 0 Å². The Morgan fingerprint density at radius 2 is 2.30 bits per heavy atom. The quantitative estimate of drug-likeness (QED) is 0.899. The number of anilines is 2. The van der Waals surface area contributed by atoms with Gasteiger partial charge in [0.25, 0.3) is 0 Å². The first-order valence-corrected chi connectivity index (χ1v) is 7.25. The molecule has 2 N–H and O–H groups in total. The van der Waals surface area contributed by atoms with Gasteiger partial charge in [0.05, 0.1) is 6.20 Å². The molecule has 0 aliphatic carbocycles. The maximum absolute atomic E-state index is 11.6. The Morgan fingerprint density at radius 3 is 3.15 bits per heavy atom. The number of benzene rings is 1. The van der Waals surface area contributed by atoms with Crippen LogP contribution in [0.1, 0.15) is 5.56 Å². The molecule has 0 radical (unpaired) electrons. The van der Waals surface area contributed by atoms with Gasteiger partial charge < -0.3 is 10.2 Å². The average molecular weight is 289 g/mol. The largest absolute Gasteiger partial charge is 0.369 e. The highest BCUT2D eigenvalue weighted by molar-refractivity contribution is 7.10. The lowest BCUT2D eigenvalue weighted by Crippen LogP contribution is -2.36. The van der Waals surface area contributed by atoms with Gasteiger partial charge in [0.1, 0.15) is 5.00 Å². The molecule has 6 nitrogen and oxygen atoms in total. The number of carbonyl (C=O) groups is 1. The second-order valence-corrected chi connectivity index (χ2v) is 5.31. The van der Waals surface area contributed by atoms with Gasteiger partial charge in [0.2, 0.25) is 0 Å². The molecule has 0 spiro atoms. The molecule has 2 aromatic rings. The molecule has 0 saturated carbocycles. The lowest BCUT2D eigenvalue weighted by molar-refractivity contribution is 0.252. The molecule has 1 aromatic heterocycles. The third-order valence-corrected chi connectivity index (χ3v) is 3.83. The number of hydrogen-bond donors (Lipinski definition) is 2. The van der Waals surface area contributed by atoms with Crippen LogP contribution in [0, 0.1) is 0 Å². The van der Waals surface area contributed by atoms with Crippen molar-refractivity contribution in [1.82, 2.24) is 14.9 Å². The summed E-state index contributed by atoms with van der Waals surface area (Å²) in [7, 11) is 0. The molecule has 0 atom stereocenters. The van der Waals surface area contributed by atoms with E-state index in [1.807, 2.05) is 6.07 Å². The summed E-state index contributed by atoms with van der Waals surface area (Å²) in [6.45, 7) is 2.43. The second-order valence-electron chi connectivity index (χ2n) is 4.53. The average Bonchev–Trinajstić information content (AvgIpc) is 3.09. The highest BCUT2D eigenvalue weighted by atomic mass is 32.1. The summed E-state index contributed by atoms with van der Waals surface area (Å²) in [6.07, 6.45) is 2.61. The minimum Gasteiger partial charge on any atom is -0.369 e. The number of para-hydroxylation sites is 1. The number of carbonyl (C=O) groups excluding carboxylic acids is 1. The zero-order chi connectivity index (χ0) is 13.8. The first-order chi connectivity index (χ1) is 9.83. The Balaban J connectivity index is 1.46. The summed E-state index contributed by atoms with van der Waals surface area (Å²) in [5.41, 5.74) is 2.66. The SMILES string of the molecule is O=C(NCCN1CCc2ccccc21)Nc1cnns1. The summed E-state index contributed by atoms with van der Waals surface area (Å²) in [5.74, 6) is 0. The Hall–Kier alpha value is -2.15. The van der Waals surface area contributed by atoms with Crippen molar-refractivity contribution in [3.8, 4) is 0 Å². The lowest BCUT2D eigenvalue weighted by Gasteiger charge is -2.19. The van der Waals surface area contributed by atoms with E-state index < -0.39 is 0 Å². The molecule has 0 fully saturated rings. The molecular formula is C13H15N5OS. The third kappa shape index (κ3) is 2.88. The summed E-state index contributed by atoms with van der Waals surface area (Å²) >= 11 is 1.16. The third-order valence-electron chi connectivity index (χ3n) is 3.25. The zero-order valence-corrected chi connectivity index (χ0v) is 11.7. The van der Waals surface area contributed by atoms with Crippen LogP contribution in [0.25, 0.3) is 0 Å². The number of hydrogen-bond acceptors (Lipinski definition) is 5. The molecule has 1 aliphatic heterocycles. The topological polar surface area (TPSA) is 70.2 Å². The maximum Gasteiger partial charge on any atom is 0.319 e. The number of amides is 2. The minimum atomic E-state index is -0.219. The minimum absolute atomic E-state index is 0.219. The smallest absolute Gasteiger partial charge is 0.319 e. The van der Waals surface area contributed by atoms with Crippen LogP contribution in [-0.2, 0) is 6.42 Å². The molecule has 0 unspecified atom stereocenters. The first kappa shape index (κ1) is 12.9. The molecule has 104 valence electrons. The number of aromatic nitrogens is 2. The van der Waals surface area contributed by atoms with Crippen LogP contribution in [-0.4, -0.2) is 35.3 Å². The zero-order valence-electron chi connectivity index (χ0n) is 10.9. The predicted molar refractivity (Wildman–Crippen MR) is 79.3 cm³/mol. The Bertz CT molecular complexity index is 586. The number of urea groups is 1. The fourth-order valence-electron chi connectivity index (χ4n) is 2.32.